The van der Waals surface area contributed by atoms with E-state index in [1.54, 1.807) is 6.92 Å². The molecule has 2 saturated heterocycles. The molecule has 0 amide bonds. The Bertz CT molecular complexity index is 381. The normalized spacial score (nSPS) is 31.9. The van der Waals surface area contributed by atoms with Crippen LogP contribution in [0.1, 0.15) is 13.3 Å². The van der Waals surface area contributed by atoms with Crippen molar-refractivity contribution in [3.63, 3.8) is 0 Å². The lowest BCUT2D eigenvalue weighted by molar-refractivity contribution is -0.0239. The maximum atomic E-state index is 11.8. The van der Waals surface area contributed by atoms with Gasteiger partial charge in [-0.1, -0.05) is 0 Å². The van der Waals surface area contributed by atoms with Crippen LogP contribution in [-0.2, 0) is 14.8 Å². The summed E-state index contributed by atoms with van der Waals surface area (Å²) in [7, 11) is -3.18. The molecule has 2 aliphatic heterocycles. The minimum Gasteiger partial charge on any atom is -0.387 e. The van der Waals surface area contributed by atoms with Gasteiger partial charge in [0, 0.05) is 32.7 Å². The van der Waals surface area contributed by atoms with E-state index >= 15 is 0 Å². The van der Waals surface area contributed by atoms with Gasteiger partial charge in [0.2, 0.25) is 10.0 Å². The molecule has 0 radical (unpaired) electrons. The average molecular weight is 278 g/mol. The fourth-order valence-electron chi connectivity index (χ4n) is 2.54. The summed E-state index contributed by atoms with van der Waals surface area (Å²) in [6.45, 7) is 5.81. The maximum absolute atomic E-state index is 11.8. The molecule has 6 nitrogen and oxygen atoms in total. The van der Waals surface area contributed by atoms with Gasteiger partial charge in [0.15, 0.2) is 0 Å². The minimum absolute atomic E-state index is 0.0979. The number of aliphatic hydroxyl groups is 1. The zero-order chi connectivity index (χ0) is 13.2. The SMILES string of the molecule is CCS(=O)(=O)N1CCC(O)(CN2CCOCC2)C1. The van der Waals surface area contributed by atoms with Gasteiger partial charge in [-0.2, -0.15) is 4.31 Å². The predicted molar refractivity (Wildman–Crippen MR) is 67.9 cm³/mol. The molecule has 2 rings (SSSR count). The van der Waals surface area contributed by atoms with Gasteiger partial charge in [0.1, 0.15) is 0 Å². The lowest BCUT2D eigenvalue weighted by Crippen LogP contribution is -2.49. The fraction of sp³-hybridized carbons (Fsp3) is 1.00. The molecule has 1 unspecified atom stereocenters. The highest BCUT2D eigenvalue weighted by Gasteiger charge is 2.41. The van der Waals surface area contributed by atoms with Gasteiger partial charge in [0.25, 0.3) is 0 Å². The molecular weight excluding hydrogens is 256 g/mol. The van der Waals surface area contributed by atoms with Crippen molar-refractivity contribution in [1.82, 2.24) is 9.21 Å². The number of morpholine rings is 1. The molecule has 0 aromatic heterocycles. The van der Waals surface area contributed by atoms with E-state index in [2.05, 4.69) is 4.90 Å². The largest absolute Gasteiger partial charge is 0.387 e. The van der Waals surface area contributed by atoms with Crippen LogP contribution in [0.25, 0.3) is 0 Å². The summed E-state index contributed by atoms with van der Waals surface area (Å²) in [6.07, 6.45) is 0.517. The van der Waals surface area contributed by atoms with Gasteiger partial charge in [-0.25, -0.2) is 8.42 Å². The van der Waals surface area contributed by atoms with E-state index < -0.39 is 15.6 Å². The Balaban J connectivity index is 1.93. The molecule has 2 heterocycles. The predicted octanol–water partition coefficient (Wildman–Crippen LogP) is -0.895. The number of hydrogen-bond acceptors (Lipinski definition) is 5. The van der Waals surface area contributed by atoms with E-state index in [-0.39, 0.29) is 12.3 Å². The van der Waals surface area contributed by atoms with Gasteiger partial charge in [-0.3, -0.25) is 4.90 Å². The Hall–Kier alpha value is -0.210. The summed E-state index contributed by atoms with van der Waals surface area (Å²) < 4.78 is 30.2. The lowest BCUT2D eigenvalue weighted by Gasteiger charge is -2.33. The Labute approximate surface area is 109 Å². The Morgan fingerprint density at radius 2 is 1.94 bits per heavy atom. The number of β-amino-alcohol motifs (C(OH)–C–C–N with tert-alkyl or cyclic N) is 1. The van der Waals surface area contributed by atoms with Gasteiger partial charge in [-0.15, -0.1) is 0 Å². The molecule has 0 spiro atoms. The van der Waals surface area contributed by atoms with E-state index in [1.165, 1.54) is 4.31 Å². The zero-order valence-electron chi connectivity index (χ0n) is 10.8. The monoisotopic (exact) mass is 278 g/mol. The summed E-state index contributed by atoms with van der Waals surface area (Å²) in [5.41, 5.74) is -0.903. The Kier molecular flexibility index (Phi) is 4.28. The van der Waals surface area contributed by atoms with Crippen LogP contribution >= 0.6 is 0 Å². The molecule has 0 bridgehead atoms. The first-order valence-electron chi connectivity index (χ1n) is 6.45. The summed E-state index contributed by atoms with van der Waals surface area (Å²) in [5.74, 6) is 0.0979. The highest BCUT2D eigenvalue weighted by atomic mass is 32.2. The van der Waals surface area contributed by atoms with Gasteiger partial charge in [-0.05, 0) is 13.3 Å². The maximum Gasteiger partial charge on any atom is 0.213 e. The molecule has 7 heteroatoms. The van der Waals surface area contributed by atoms with E-state index in [4.69, 9.17) is 4.74 Å². The van der Waals surface area contributed by atoms with Crippen LogP contribution in [0.15, 0.2) is 0 Å². The Morgan fingerprint density at radius 3 is 2.56 bits per heavy atom. The van der Waals surface area contributed by atoms with Crippen molar-refractivity contribution < 1.29 is 18.3 Å². The van der Waals surface area contributed by atoms with Crippen molar-refractivity contribution in [1.29, 1.82) is 0 Å². The topological polar surface area (TPSA) is 70.1 Å². The van der Waals surface area contributed by atoms with E-state index in [9.17, 15) is 13.5 Å². The molecule has 0 aromatic carbocycles. The van der Waals surface area contributed by atoms with Gasteiger partial charge >= 0.3 is 0 Å². The molecule has 0 aromatic rings. The smallest absolute Gasteiger partial charge is 0.213 e. The van der Waals surface area contributed by atoms with Crippen LogP contribution in [0.5, 0.6) is 0 Å². The summed E-state index contributed by atoms with van der Waals surface area (Å²) in [5, 5.41) is 10.5. The molecular formula is C11H22N2O4S. The number of nitrogens with zero attached hydrogens (tertiary/aromatic N) is 2. The van der Waals surface area contributed by atoms with Crippen LogP contribution < -0.4 is 0 Å². The summed E-state index contributed by atoms with van der Waals surface area (Å²) >= 11 is 0. The Morgan fingerprint density at radius 1 is 1.28 bits per heavy atom. The number of hydrogen-bond donors (Lipinski definition) is 1. The van der Waals surface area contributed by atoms with Crippen molar-refractivity contribution >= 4 is 10.0 Å². The minimum atomic E-state index is -3.18. The molecule has 18 heavy (non-hydrogen) atoms. The number of rotatable bonds is 4. The third-order valence-corrected chi connectivity index (χ3v) is 5.51. The van der Waals surface area contributed by atoms with E-state index in [0.29, 0.717) is 32.7 Å². The highest BCUT2D eigenvalue weighted by Crippen LogP contribution is 2.25. The second kappa shape index (κ2) is 5.42. The quantitative estimate of drug-likeness (QED) is 0.722. The second-order valence-corrected chi connectivity index (χ2v) is 7.35. The van der Waals surface area contributed by atoms with Crippen LogP contribution in [0.2, 0.25) is 0 Å². The van der Waals surface area contributed by atoms with Crippen LogP contribution in [-0.4, -0.2) is 80.0 Å². The third-order valence-electron chi connectivity index (χ3n) is 3.68. The van der Waals surface area contributed by atoms with Crippen molar-refractivity contribution in [3.05, 3.63) is 0 Å². The highest BCUT2D eigenvalue weighted by molar-refractivity contribution is 7.89. The van der Waals surface area contributed by atoms with Crippen LogP contribution in [0.3, 0.4) is 0 Å². The standard InChI is InChI=1S/C11H22N2O4S/c1-2-18(15,16)13-4-3-11(14,10-13)9-12-5-7-17-8-6-12/h14H,2-10H2,1H3. The second-order valence-electron chi connectivity index (χ2n) is 5.10. The first-order valence-corrected chi connectivity index (χ1v) is 8.06. The first-order chi connectivity index (χ1) is 8.45. The summed E-state index contributed by atoms with van der Waals surface area (Å²) in [6, 6.07) is 0. The molecule has 1 N–H and O–H groups in total. The first kappa shape index (κ1) is 14.2. The van der Waals surface area contributed by atoms with Crippen LogP contribution in [0, 0.1) is 0 Å². The van der Waals surface area contributed by atoms with Crippen molar-refractivity contribution in [2.75, 3.05) is 51.7 Å². The van der Waals surface area contributed by atoms with Gasteiger partial charge < -0.3 is 9.84 Å². The number of ether oxygens (including phenoxy) is 1. The lowest BCUT2D eigenvalue weighted by atomic mass is 10.0. The molecule has 0 saturated carbocycles. The third kappa shape index (κ3) is 3.21. The molecule has 106 valence electrons. The molecule has 0 aliphatic carbocycles. The van der Waals surface area contributed by atoms with Crippen molar-refractivity contribution in [3.8, 4) is 0 Å². The number of sulfonamides is 1. The fourth-order valence-corrected chi connectivity index (χ4v) is 3.72. The van der Waals surface area contributed by atoms with E-state index in [1.807, 2.05) is 0 Å². The van der Waals surface area contributed by atoms with Crippen molar-refractivity contribution in [2.45, 2.75) is 18.9 Å². The average Bonchev–Trinajstić information content (AvgIpc) is 2.73. The van der Waals surface area contributed by atoms with E-state index in [0.717, 1.165) is 13.1 Å². The molecule has 1 atom stereocenters. The summed E-state index contributed by atoms with van der Waals surface area (Å²) in [4.78, 5) is 2.14. The molecule has 2 aliphatic rings. The van der Waals surface area contributed by atoms with Gasteiger partial charge in [0.05, 0.1) is 24.6 Å². The van der Waals surface area contributed by atoms with Crippen LogP contribution in [0.4, 0.5) is 0 Å². The zero-order valence-corrected chi connectivity index (χ0v) is 11.7. The molecule has 2 fully saturated rings. The van der Waals surface area contributed by atoms with Crippen molar-refractivity contribution in [2.24, 2.45) is 0 Å².